The van der Waals surface area contributed by atoms with Gasteiger partial charge in [-0.05, 0) is 37.7 Å². The first-order valence-corrected chi connectivity index (χ1v) is 7.14. The quantitative estimate of drug-likeness (QED) is 0.428. The summed E-state index contributed by atoms with van der Waals surface area (Å²) >= 11 is 0. The Kier molecular flexibility index (Phi) is 3.33. The van der Waals surface area contributed by atoms with Gasteiger partial charge in [-0.15, -0.1) is 0 Å². The molecule has 0 aromatic rings. The molecule has 2 fully saturated rings. The predicted octanol–water partition coefficient (Wildman–Crippen LogP) is 2.44. The van der Waals surface area contributed by atoms with E-state index in [0.717, 1.165) is 32.1 Å². The normalized spacial score (nSPS) is 39.2. The number of hydrogen-bond donors (Lipinski definition) is 0. The van der Waals surface area contributed by atoms with E-state index in [9.17, 15) is 9.59 Å². The van der Waals surface area contributed by atoms with E-state index in [0.29, 0.717) is 12.4 Å². The summed E-state index contributed by atoms with van der Waals surface area (Å²) in [6, 6.07) is 0. The second-order valence-electron chi connectivity index (χ2n) is 5.79. The molecule has 3 heteroatoms. The van der Waals surface area contributed by atoms with Gasteiger partial charge in [0, 0.05) is 11.8 Å². The molecule has 98 valence electrons. The molecule has 1 heterocycles. The highest BCUT2D eigenvalue weighted by Gasteiger charge is 2.41. The molecule has 3 aliphatic rings. The number of ether oxygens (including phenoxy) is 1. The summed E-state index contributed by atoms with van der Waals surface area (Å²) in [7, 11) is 0. The number of ketones is 1. The summed E-state index contributed by atoms with van der Waals surface area (Å²) in [5.41, 5.74) is 1.38. The Morgan fingerprint density at radius 2 is 2.11 bits per heavy atom. The lowest BCUT2D eigenvalue weighted by Gasteiger charge is -2.43. The summed E-state index contributed by atoms with van der Waals surface area (Å²) in [6.45, 7) is 0. The number of hydrogen-bond acceptors (Lipinski definition) is 3. The minimum Gasteiger partial charge on any atom is -0.370 e. The van der Waals surface area contributed by atoms with E-state index in [-0.39, 0.29) is 23.7 Å². The van der Waals surface area contributed by atoms with Crippen LogP contribution in [0.15, 0.2) is 11.6 Å². The maximum absolute atomic E-state index is 11.7. The van der Waals surface area contributed by atoms with Crippen molar-refractivity contribution in [3.63, 3.8) is 0 Å². The van der Waals surface area contributed by atoms with Crippen molar-refractivity contribution in [2.75, 3.05) is 0 Å². The molecule has 0 aromatic heterocycles. The lowest BCUT2D eigenvalue weighted by molar-refractivity contribution is -0.138. The molecule has 0 saturated heterocycles. The Labute approximate surface area is 108 Å². The Hall–Kier alpha value is -0.960. The molecule has 3 nitrogen and oxygen atoms in total. The zero-order chi connectivity index (χ0) is 12.5. The Morgan fingerprint density at radius 3 is 2.94 bits per heavy atom. The van der Waals surface area contributed by atoms with E-state index in [4.69, 9.17) is 4.74 Å². The molecule has 2 saturated carbocycles. The SMILES string of the molecule is O=CC(=O)C1CCCC2OC3CCCCC3=CC21. The summed E-state index contributed by atoms with van der Waals surface area (Å²) in [5, 5.41) is 0. The fourth-order valence-corrected chi connectivity index (χ4v) is 3.79. The van der Waals surface area contributed by atoms with Crippen molar-refractivity contribution < 1.29 is 14.3 Å². The number of carbonyl (C=O) groups is 2. The van der Waals surface area contributed by atoms with Gasteiger partial charge in [0.25, 0.3) is 0 Å². The molecule has 3 rings (SSSR count). The van der Waals surface area contributed by atoms with Crippen LogP contribution in [0.3, 0.4) is 0 Å². The maximum atomic E-state index is 11.7. The lowest BCUT2D eigenvalue weighted by Crippen LogP contribution is -2.43. The van der Waals surface area contributed by atoms with Crippen molar-refractivity contribution in [2.45, 2.75) is 57.2 Å². The number of rotatable bonds is 2. The van der Waals surface area contributed by atoms with Gasteiger partial charge in [-0.3, -0.25) is 9.59 Å². The smallest absolute Gasteiger partial charge is 0.198 e. The fourth-order valence-electron chi connectivity index (χ4n) is 3.79. The van der Waals surface area contributed by atoms with E-state index < -0.39 is 0 Å². The number of aldehydes is 1. The van der Waals surface area contributed by atoms with Crippen molar-refractivity contribution in [2.24, 2.45) is 11.8 Å². The Balaban J connectivity index is 1.86. The molecule has 2 aliphatic carbocycles. The third kappa shape index (κ3) is 2.05. The molecule has 18 heavy (non-hydrogen) atoms. The van der Waals surface area contributed by atoms with Gasteiger partial charge < -0.3 is 4.74 Å². The lowest BCUT2D eigenvalue weighted by atomic mass is 9.71. The summed E-state index contributed by atoms with van der Waals surface area (Å²) in [6.07, 6.45) is 10.8. The molecular weight excluding hydrogens is 228 g/mol. The van der Waals surface area contributed by atoms with Crippen LogP contribution in [0.1, 0.15) is 44.9 Å². The molecule has 0 aromatic carbocycles. The Morgan fingerprint density at radius 1 is 1.22 bits per heavy atom. The zero-order valence-electron chi connectivity index (χ0n) is 10.6. The Bertz CT molecular complexity index is 385. The standard InChI is InChI=1S/C15H20O3/c16-9-13(17)11-5-3-7-15-12(11)8-10-4-1-2-6-14(10)18-15/h8-9,11-12,14-15H,1-7H2. The highest BCUT2D eigenvalue weighted by atomic mass is 16.5. The highest BCUT2D eigenvalue weighted by Crippen LogP contribution is 2.42. The van der Waals surface area contributed by atoms with Crippen LogP contribution >= 0.6 is 0 Å². The van der Waals surface area contributed by atoms with Crippen LogP contribution in [-0.2, 0) is 14.3 Å². The van der Waals surface area contributed by atoms with E-state index in [2.05, 4.69) is 6.08 Å². The van der Waals surface area contributed by atoms with E-state index >= 15 is 0 Å². The third-order valence-corrected chi connectivity index (χ3v) is 4.72. The van der Waals surface area contributed by atoms with Crippen molar-refractivity contribution >= 4 is 12.1 Å². The van der Waals surface area contributed by atoms with Gasteiger partial charge >= 0.3 is 0 Å². The molecular formula is C15H20O3. The molecule has 0 bridgehead atoms. The highest BCUT2D eigenvalue weighted by molar-refractivity contribution is 6.26. The van der Waals surface area contributed by atoms with Gasteiger partial charge in [0.05, 0.1) is 12.2 Å². The number of Topliss-reactive ketones (excluding diaryl/α,β-unsaturated/α-hetero) is 1. The molecule has 0 spiro atoms. The number of fused-ring (bicyclic) bond motifs is 2. The molecule has 0 amide bonds. The van der Waals surface area contributed by atoms with Crippen LogP contribution in [0, 0.1) is 11.8 Å². The van der Waals surface area contributed by atoms with Crippen molar-refractivity contribution in [1.29, 1.82) is 0 Å². The summed E-state index contributed by atoms with van der Waals surface area (Å²) in [4.78, 5) is 22.5. The maximum Gasteiger partial charge on any atom is 0.198 e. The minimum atomic E-state index is -0.237. The van der Waals surface area contributed by atoms with Crippen LogP contribution in [-0.4, -0.2) is 24.3 Å². The summed E-state index contributed by atoms with van der Waals surface area (Å²) in [5.74, 6) is -0.211. The first-order valence-electron chi connectivity index (χ1n) is 7.14. The van der Waals surface area contributed by atoms with Crippen LogP contribution in [0.4, 0.5) is 0 Å². The van der Waals surface area contributed by atoms with Gasteiger partial charge in [-0.25, -0.2) is 0 Å². The van der Waals surface area contributed by atoms with E-state index in [1.807, 2.05) is 0 Å². The third-order valence-electron chi connectivity index (χ3n) is 4.72. The van der Waals surface area contributed by atoms with Gasteiger partial charge in [-0.1, -0.05) is 18.9 Å². The fraction of sp³-hybridized carbons (Fsp3) is 0.733. The van der Waals surface area contributed by atoms with Crippen LogP contribution < -0.4 is 0 Å². The first kappa shape index (κ1) is 12.1. The molecule has 0 N–H and O–H groups in total. The van der Waals surface area contributed by atoms with E-state index in [1.54, 1.807) is 0 Å². The van der Waals surface area contributed by atoms with Crippen molar-refractivity contribution in [3.8, 4) is 0 Å². The van der Waals surface area contributed by atoms with Crippen LogP contribution in [0.2, 0.25) is 0 Å². The van der Waals surface area contributed by atoms with E-state index in [1.165, 1.54) is 18.4 Å². The first-order chi connectivity index (χ1) is 8.79. The van der Waals surface area contributed by atoms with Gasteiger partial charge in [0.2, 0.25) is 0 Å². The molecule has 4 unspecified atom stereocenters. The monoisotopic (exact) mass is 248 g/mol. The zero-order valence-corrected chi connectivity index (χ0v) is 10.6. The second kappa shape index (κ2) is 4.96. The molecule has 4 atom stereocenters. The number of carbonyl (C=O) groups excluding carboxylic acids is 2. The molecule has 1 aliphatic heterocycles. The summed E-state index contributed by atoms with van der Waals surface area (Å²) < 4.78 is 6.18. The largest absolute Gasteiger partial charge is 0.370 e. The van der Waals surface area contributed by atoms with Crippen molar-refractivity contribution in [1.82, 2.24) is 0 Å². The molecule has 0 radical (unpaired) electrons. The topological polar surface area (TPSA) is 43.4 Å². The van der Waals surface area contributed by atoms with Crippen LogP contribution in [0.25, 0.3) is 0 Å². The van der Waals surface area contributed by atoms with Gasteiger partial charge in [-0.2, -0.15) is 0 Å². The van der Waals surface area contributed by atoms with Gasteiger partial charge in [0.1, 0.15) is 0 Å². The van der Waals surface area contributed by atoms with Gasteiger partial charge in [0.15, 0.2) is 12.1 Å². The second-order valence-corrected chi connectivity index (χ2v) is 5.79. The minimum absolute atomic E-state index is 0.128. The van der Waals surface area contributed by atoms with Crippen molar-refractivity contribution in [3.05, 3.63) is 11.6 Å². The van der Waals surface area contributed by atoms with Crippen LogP contribution in [0.5, 0.6) is 0 Å². The average Bonchev–Trinajstić information content (AvgIpc) is 2.43. The average molecular weight is 248 g/mol. The predicted molar refractivity (Wildman–Crippen MR) is 67.1 cm³/mol.